The fourth-order valence-corrected chi connectivity index (χ4v) is 2.17. The van der Waals surface area contributed by atoms with Gasteiger partial charge in [0.1, 0.15) is 11.5 Å². The normalized spacial score (nSPS) is 10.1. The Morgan fingerprint density at radius 3 is 2.18 bits per heavy atom. The Bertz CT molecular complexity index is 988. The van der Waals surface area contributed by atoms with Gasteiger partial charge in [-0.3, -0.25) is 19.9 Å². The summed E-state index contributed by atoms with van der Waals surface area (Å²) >= 11 is 0. The number of hydrogen-bond acceptors (Lipinski definition) is 8. The van der Waals surface area contributed by atoms with E-state index in [0.29, 0.717) is 17.1 Å². The van der Waals surface area contributed by atoms with Crippen LogP contribution in [0, 0.1) is 10.1 Å². The van der Waals surface area contributed by atoms with Crippen molar-refractivity contribution in [2.24, 2.45) is 0 Å². The van der Waals surface area contributed by atoms with Gasteiger partial charge in [0.2, 0.25) is 0 Å². The zero-order valence-corrected chi connectivity index (χ0v) is 14.3. The van der Waals surface area contributed by atoms with Crippen LogP contribution in [0.25, 0.3) is 0 Å². The molecule has 0 atom stereocenters. The summed E-state index contributed by atoms with van der Waals surface area (Å²) in [6, 6.07) is 11.8. The van der Waals surface area contributed by atoms with Crippen LogP contribution in [-0.4, -0.2) is 33.3 Å². The minimum Gasteiger partial charge on any atom is -0.457 e. The van der Waals surface area contributed by atoms with E-state index in [1.807, 2.05) is 0 Å². The SMILES string of the molecule is O=C(COC(=O)c1cnccn1)c1ccc(Oc2ccc([N+](=O)[O-])cc2)cc1. The smallest absolute Gasteiger partial charge is 0.358 e. The van der Waals surface area contributed by atoms with Gasteiger partial charge in [-0.05, 0) is 36.4 Å². The van der Waals surface area contributed by atoms with E-state index >= 15 is 0 Å². The average molecular weight is 379 g/mol. The Morgan fingerprint density at radius 2 is 1.61 bits per heavy atom. The number of non-ortho nitro benzene ring substituents is 1. The fourth-order valence-electron chi connectivity index (χ4n) is 2.17. The molecule has 1 heterocycles. The highest BCUT2D eigenvalue weighted by Gasteiger charge is 2.13. The molecule has 0 aliphatic heterocycles. The van der Waals surface area contributed by atoms with Gasteiger partial charge >= 0.3 is 5.97 Å². The molecule has 3 rings (SSSR count). The van der Waals surface area contributed by atoms with Crippen molar-refractivity contribution >= 4 is 17.4 Å². The third-order valence-corrected chi connectivity index (χ3v) is 3.57. The van der Waals surface area contributed by atoms with Gasteiger partial charge in [-0.15, -0.1) is 0 Å². The highest BCUT2D eigenvalue weighted by molar-refractivity contribution is 5.99. The summed E-state index contributed by atoms with van der Waals surface area (Å²) in [5, 5.41) is 10.6. The molecule has 0 aliphatic rings. The number of nitrogens with zero attached hydrogens (tertiary/aromatic N) is 3. The number of benzene rings is 2. The third kappa shape index (κ3) is 4.73. The van der Waals surface area contributed by atoms with Crippen LogP contribution in [0.4, 0.5) is 5.69 Å². The largest absolute Gasteiger partial charge is 0.457 e. The molecule has 28 heavy (non-hydrogen) atoms. The van der Waals surface area contributed by atoms with Crippen LogP contribution in [0.15, 0.2) is 67.1 Å². The number of ketones is 1. The van der Waals surface area contributed by atoms with E-state index in [4.69, 9.17) is 9.47 Å². The van der Waals surface area contributed by atoms with E-state index in [1.54, 1.807) is 12.1 Å². The Hall–Kier alpha value is -4.14. The van der Waals surface area contributed by atoms with Crippen molar-refractivity contribution in [2.45, 2.75) is 0 Å². The molecule has 0 unspecified atom stereocenters. The summed E-state index contributed by atoms with van der Waals surface area (Å²) in [5.74, 6) is -0.261. The third-order valence-electron chi connectivity index (χ3n) is 3.57. The van der Waals surface area contributed by atoms with Crippen molar-refractivity contribution in [3.05, 3.63) is 88.5 Å². The molecule has 9 nitrogen and oxygen atoms in total. The Balaban J connectivity index is 1.56. The Labute approximate surface area is 158 Å². The summed E-state index contributed by atoms with van der Waals surface area (Å²) in [4.78, 5) is 41.6. The molecule has 0 saturated heterocycles. The number of carbonyl (C=O) groups is 2. The zero-order valence-electron chi connectivity index (χ0n) is 14.3. The Kier molecular flexibility index (Phi) is 5.66. The van der Waals surface area contributed by atoms with Gasteiger partial charge < -0.3 is 9.47 Å². The molecule has 0 fully saturated rings. The van der Waals surface area contributed by atoms with Crippen molar-refractivity contribution in [3.8, 4) is 11.5 Å². The van der Waals surface area contributed by atoms with Crippen molar-refractivity contribution in [3.63, 3.8) is 0 Å². The highest BCUT2D eigenvalue weighted by atomic mass is 16.6. The molecule has 140 valence electrons. The molecule has 1 aromatic heterocycles. The second kappa shape index (κ2) is 8.49. The number of rotatable bonds is 7. The summed E-state index contributed by atoms with van der Waals surface area (Å²) in [7, 11) is 0. The van der Waals surface area contributed by atoms with Crippen LogP contribution in [-0.2, 0) is 4.74 Å². The van der Waals surface area contributed by atoms with Gasteiger partial charge in [0.15, 0.2) is 18.1 Å². The lowest BCUT2D eigenvalue weighted by molar-refractivity contribution is -0.384. The minimum absolute atomic E-state index is 0.0159. The number of esters is 1. The van der Waals surface area contributed by atoms with Gasteiger partial charge in [-0.1, -0.05) is 0 Å². The van der Waals surface area contributed by atoms with Crippen LogP contribution in [0.2, 0.25) is 0 Å². The standard InChI is InChI=1S/C19H13N3O6/c23-18(12-27-19(24)17-11-20-9-10-21-17)13-1-5-15(6-2-13)28-16-7-3-14(4-8-16)22(25)26/h1-11H,12H2. The fraction of sp³-hybridized carbons (Fsp3) is 0.0526. The first kappa shape index (κ1) is 18.6. The lowest BCUT2D eigenvalue weighted by Crippen LogP contribution is -2.15. The van der Waals surface area contributed by atoms with E-state index in [9.17, 15) is 19.7 Å². The van der Waals surface area contributed by atoms with E-state index in [0.717, 1.165) is 0 Å². The monoisotopic (exact) mass is 379 g/mol. The maximum Gasteiger partial charge on any atom is 0.358 e. The summed E-state index contributed by atoms with van der Waals surface area (Å²) in [6.07, 6.45) is 4.02. The maximum atomic E-state index is 12.1. The maximum absolute atomic E-state index is 12.1. The summed E-state index contributed by atoms with van der Waals surface area (Å²) in [6.45, 7) is -0.433. The van der Waals surface area contributed by atoms with Crippen molar-refractivity contribution in [1.82, 2.24) is 9.97 Å². The number of aromatic nitrogens is 2. The van der Waals surface area contributed by atoms with E-state index in [1.165, 1.54) is 55.0 Å². The van der Waals surface area contributed by atoms with Gasteiger partial charge in [0, 0.05) is 30.1 Å². The molecule has 9 heteroatoms. The first-order chi connectivity index (χ1) is 13.5. The van der Waals surface area contributed by atoms with E-state index < -0.39 is 17.5 Å². The second-order valence-corrected chi connectivity index (χ2v) is 5.47. The number of nitro groups is 1. The van der Waals surface area contributed by atoms with Gasteiger partial charge in [0.25, 0.3) is 5.69 Å². The molecule has 0 bridgehead atoms. The zero-order chi connectivity index (χ0) is 19.9. The summed E-state index contributed by atoms with van der Waals surface area (Å²) in [5.41, 5.74) is 0.314. The first-order valence-electron chi connectivity index (χ1n) is 8.01. The molecule has 0 spiro atoms. The lowest BCUT2D eigenvalue weighted by Gasteiger charge is -2.07. The van der Waals surface area contributed by atoms with Crippen LogP contribution < -0.4 is 4.74 Å². The predicted molar refractivity (Wildman–Crippen MR) is 96.3 cm³/mol. The lowest BCUT2D eigenvalue weighted by atomic mass is 10.1. The number of hydrogen-bond donors (Lipinski definition) is 0. The highest BCUT2D eigenvalue weighted by Crippen LogP contribution is 2.24. The number of nitro benzene ring substituents is 1. The van der Waals surface area contributed by atoms with Crippen LogP contribution in [0.3, 0.4) is 0 Å². The molecular formula is C19H13N3O6. The van der Waals surface area contributed by atoms with Crippen LogP contribution in [0.1, 0.15) is 20.8 Å². The van der Waals surface area contributed by atoms with Crippen LogP contribution in [0.5, 0.6) is 11.5 Å². The first-order valence-corrected chi connectivity index (χ1v) is 8.01. The van der Waals surface area contributed by atoms with Crippen LogP contribution >= 0.6 is 0 Å². The number of Topliss-reactive ketones (excluding diaryl/α,β-unsaturated/α-hetero) is 1. The topological polar surface area (TPSA) is 122 Å². The predicted octanol–water partition coefficient (Wildman–Crippen LogP) is 3.22. The quantitative estimate of drug-likeness (QED) is 0.265. The molecular weight excluding hydrogens is 366 g/mol. The minimum atomic E-state index is -0.737. The number of ether oxygens (including phenoxy) is 2. The summed E-state index contributed by atoms with van der Waals surface area (Å²) < 4.78 is 10.5. The van der Waals surface area contributed by atoms with Crippen molar-refractivity contribution in [1.29, 1.82) is 0 Å². The van der Waals surface area contributed by atoms with Gasteiger partial charge in [0.05, 0.1) is 11.1 Å². The molecule has 0 radical (unpaired) electrons. The molecule has 3 aromatic rings. The molecule has 0 aliphatic carbocycles. The average Bonchev–Trinajstić information content (AvgIpc) is 2.73. The van der Waals surface area contributed by atoms with Crippen molar-refractivity contribution in [2.75, 3.05) is 6.61 Å². The van der Waals surface area contributed by atoms with E-state index in [2.05, 4.69) is 9.97 Å². The second-order valence-electron chi connectivity index (χ2n) is 5.47. The van der Waals surface area contributed by atoms with Crippen molar-refractivity contribution < 1.29 is 24.0 Å². The molecule has 0 saturated carbocycles. The van der Waals surface area contributed by atoms with E-state index in [-0.39, 0.29) is 17.2 Å². The molecule has 0 N–H and O–H groups in total. The molecule has 2 aromatic carbocycles. The van der Waals surface area contributed by atoms with Gasteiger partial charge in [-0.2, -0.15) is 0 Å². The van der Waals surface area contributed by atoms with Gasteiger partial charge in [-0.25, -0.2) is 9.78 Å². The number of carbonyl (C=O) groups excluding carboxylic acids is 2. The molecule has 0 amide bonds. The Morgan fingerprint density at radius 1 is 0.964 bits per heavy atom.